The maximum atomic E-state index is 3.88. The molecule has 3 aliphatic heterocycles. The van der Waals surface area contributed by atoms with Crippen LogP contribution in [0.1, 0.15) is 0 Å². The first-order chi connectivity index (χ1) is 6.74. The second-order valence-electron chi connectivity index (χ2n) is 4.97. The van der Waals surface area contributed by atoms with Gasteiger partial charge in [-0.2, -0.15) is 0 Å². The molecule has 16 heavy (non-hydrogen) atoms. The van der Waals surface area contributed by atoms with Crippen molar-refractivity contribution >= 4 is 0 Å². The molecule has 3 saturated heterocycles. The highest BCUT2D eigenvalue weighted by atomic mass is 35.5. The van der Waals surface area contributed by atoms with Gasteiger partial charge in [0.1, 0.15) is 39.3 Å². The molecule has 3 aliphatic rings. The molecule has 3 fully saturated rings. The Morgan fingerprint density at radius 1 is 0.688 bits per heavy atom. The average Bonchev–Trinajstić information content (AvgIpc) is 2.22. The molecule has 3 heterocycles. The number of nitrogens with zero attached hydrogens (tertiary/aromatic N) is 2. The molecule has 2 bridgehead atoms. The van der Waals surface area contributed by atoms with E-state index in [-0.39, 0.29) is 24.8 Å². The van der Waals surface area contributed by atoms with Crippen molar-refractivity contribution in [1.29, 1.82) is 0 Å². The minimum atomic E-state index is 0. The molecule has 0 atom stereocenters. The van der Waals surface area contributed by atoms with Crippen LogP contribution in [0.2, 0.25) is 0 Å². The molecule has 2 nitrogen and oxygen atoms in total. The van der Waals surface area contributed by atoms with Crippen molar-refractivity contribution in [1.82, 2.24) is 0 Å². The highest BCUT2D eigenvalue weighted by molar-refractivity contribution is 4.74. The van der Waals surface area contributed by atoms with Gasteiger partial charge in [0.2, 0.25) is 0 Å². The Morgan fingerprint density at radius 2 is 0.938 bits per heavy atom. The summed E-state index contributed by atoms with van der Waals surface area (Å²) in [6, 6.07) is 0. The van der Waals surface area contributed by atoms with Crippen LogP contribution in [0.3, 0.4) is 0 Å². The van der Waals surface area contributed by atoms with E-state index in [1.807, 2.05) is 0 Å². The van der Waals surface area contributed by atoms with Gasteiger partial charge < -0.3 is 33.8 Å². The molecule has 0 aromatic heterocycles. The Labute approximate surface area is 112 Å². The molecular weight excluding hydrogens is 243 g/mol. The maximum absolute atomic E-state index is 3.88. The van der Waals surface area contributed by atoms with Crippen LogP contribution in [0.4, 0.5) is 0 Å². The number of hydrogen-bond donors (Lipinski definition) is 0. The summed E-state index contributed by atoms with van der Waals surface area (Å²) in [5, 5.41) is 0. The minimum absolute atomic E-state index is 0. The number of fused-ring (bicyclic) bond motifs is 3. The average molecular weight is 265 g/mol. The van der Waals surface area contributed by atoms with Crippen molar-refractivity contribution in [2.75, 3.05) is 52.4 Å². The molecule has 0 amide bonds. The monoisotopic (exact) mass is 264 g/mol. The van der Waals surface area contributed by atoms with Crippen molar-refractivity contribution < 1.29 is 33.8 Å². The van der Waals surface area contributed by atoms with E-state index >= 15 is 0 Å². The zero-order valence-corrected chi connectivity index (χ0v) is 11.4. The number of hydrogen-bond acceptors (Lipinski definition) is 0. The van der Waals surface area contributed by atoms with E-state index in [1.165, 1.54) is 61.3 Å². The van der Waals surface area contributed by atoms with E-state index in [9.17, 15) is 0 Å². The van der Waals surface area contributed by atoms with E-state index < -0.39 is 0 Å². The third-order valence-electron chi connectivity index (χ3n) is 4.18. The van der Waals surface area contributed by atoms with E-state index in [0.29, 0.717) is 0 Å². The van der Waals surface area contributed by atoms with Gasteiger partial charge in [0.25, 0.3) is 0 Å². The van der Waals surface area contributed by atoms with Gasteiger partial charge in [-0.15, -0.1) is 0 Å². The largest absolute Gasteiger partial charge is 1.00 e. The summed E-state index contributed by atoms with van der Waals surface area (Å²) in [5.41, 5.74) is 0. The molecule has 0 aromatic rings. The molecule has 0 spiro atoms. The molecular formula is C12H22Cl2N2. The van der Waals surface area contributed by atoms with Crippen molar-refractivity contribution in [3.8, 4) is 0 Å². The summed E-state index contributed by atoms with van der Waals surface area (Å²) in [6.45, 7) is 18.2. The van der Waals surface area contributed by atoms with Crippen LogP contribution in [-0.4, -0.2) is 61.3 Å². The summed E-state index contributed by atoms with van der Waals surface area (Å²) in [5.74, 6) is 0. The highest BCUT2D eigenvalue weighted by Gasteiger charge is 2.47. The fraction of sp³-hybridized carbons (Fsp3) is 0.667. The van der Waals surface area contributed by atoms with Crippen LogP contribution in [0, 0.1) is 0 Å². The third-order valence-corrected chi connectivity index (χ3v) is 4.18. The van der Waals surface area contributed by atoms with Gasteiger partial charge in [0.15, 0.2) is 0 Å². The fourth-order valence-corrected chi connectivity index (χ4v) is 3.04. The Kier molecular flexibility index (Phi) is 6.05. The minimum Gasteiger partial charge on any atom is -1.00 e. The molecule has 4 heteroatoms. The van der Waals surface area contributed by atoms with Crippen molar-refractivity contribution in [3.63, 3.8) is 0 Å². The number of quaternary nitrogens is 2. The Balaban J connectivity index is 0.00000112. The van der Waals surface area contributed by atoms with Gasteiger partial charge >= 0.3 is 0 Å². The normalized spacial score (nSPS) is 35.8. The van der Waals surface area contributed by atoms with Crippen LogP contribution in [-0.2, 0) is 0 Å². The molecule has 0 N–H and O–H groups in total. The van der Waals surface area contributed by atoms with Crippen LogP contribution in [0.25, 0.3) is 0 Å². The lowest BCUT2D eigenvalue weighted by Gasteiger charge is -2.55. The topological polar surface area (TPSA) is 0 Å². The lowest BCUT2D eigenvalue weighted by Crippen LogP contribution is -3.00. The number of rotatable bonds is 4. The lowest BCUT2D eigenvalue weighted by atomic mass is 10.1. The smallest absolute Gasteiger partial charge is 0.129 e. The fourth-order valence-electron chi connectivity index (χ4n) is 3.04. The van der Waals surface area contributed by atoms with E-state index in [2.05, 4.69) is 25.3 Å². The molecule has 94 valence electrons. The second kappa shape index (κ2) is 6.06. The second-order valence-corrected chi connectivity index (χ2v) is 4.97. The third kappa shape index (κ3) is 2.80. The zero-order valence-electron chi connectivity index (χ0n) is 9.88. The number of piperazine rings is 3. The van der Waals surface area contributed by atoms with Gasteiger partial charge in [0.05, 0.1) is 13.1 Å². The van der Waals surface area contributed by atoms with Crippen LogP contribution in [0.15, 0.2) is 25.3 Å². The predicted molar refractivity (Wildman–Crippen MR) is 59.9 cm³/mol. The molecule has 0 saturated carbocycles. The Bertz CT molecular complexity index is 203. The summed E-state index contributed by atoms with van der Waals surface area (Å²) >= 11 is 0. The Hall–Kier alpha value is -0.0200. The molecule has 0 unspecified atom stereocenters. The van der Waals surface area contributed by atoms with Crippen LogP contribution >= 0.6 is 0 Å². The zero-order chi connectivity index (χ0) is 10.1. The van der Waals surface area contributed by atoms with Gasteiger partial charge in [-0.25, -0.2) is 0 Å². The molecule has 0 aliphatic carbocycles. The SMILES string of the molecule is C=CC[N+]12CC[N+](CC=C)(CC1)CC2.[Cl-].[Cl-]. The first kappa shape index (κ1) is 16.0. The van der Waals surface area contributed by atoms with Crippen molar-refractivity contribution in [2.45, 2.75) is 0 Å². The summed E-state index contributed by atoms with van der Waals surface area (Å²) in [7, 11) is 0. The van der Waals surface area contributed by atoms with E-state index in [1.54, 1.807) is 0 Å². The standard InChI is InChI=1S/C12H22N2.2ClH/c1-3-5-13-7-10-14(6-4-2,11-8-13)12-9-13;;/h3-4H,1-2,5-12H2;2*1H/q+2;;/p-2. The first-order valence-electron chi connectivity index (χ1n) is 5.66. The van der Waals surface area contributed by atoms with Gasteiger partial charge in [-0.05, 0) is 12.2 Å². The number of halogens is 2. The van der Waals surface area contributed by atoms with Crippen LogP contribution in [0.5, 0.6) is 0 Å². The summed E-state index contributed by atoms with van der Waals surface area (Å²) < 4.78 is 2.61. The van der Waals surface area contributed by atoms with Gasteiger partial charge in [-0.1, -0.05) is 13.2 Å². The summed E-state index contributed by atoms with van der Waals surface area (Å²) in [6.07, 6.45) is 4.19. The maximum Gasteiger partial charge on any atom is 0.129 e. The van der Waals surface area contributed by atoms with Gasteiger partial charge in [-0.3, -0.25) is 0 Å². The predicted octanol–water partition coefficient (Wildman–Crippen LogP) is -4.97. The molecule has 0 aromatic carbocycles. The lowest BCUT2D eigenvalue weighted by molar-refractivity contribution is -1.08. The highest BCUT2D eigenvalue weighted by Crippen LogP contribution is 2.26. The first-order valence-corrected chi connectivity index (χ1v) is 5.66. The van der Waals surface area contributed by atoms with E-state index in [0.717, 1.165) is 0 Å². The molecule has 3 rings (SSSR count). The quantitative estimate of drug-likeness (QED) is 0.353. The van der Waals surface area contributed by atoms with Crippen molar-refractivity contribution in [2.24, 2.45) is 0 Å². The summed E-state index contributed by atoms with van der Waals surface area (Å²) in [4.78, 5) is 0. The van der Waals surface area contributed by atoms with Crippen molar-refractivity contribution in [3.05, 3.63) is 25.3 Å². The Morgan fingerprint density at radius 3 is 1.12 bits per heavy atom. The molecule has 0 radical (unpaired) electrons. The van der Waals surface area contributed by atoms with E-state index in [4.69, 9.17) is 0 Å². The van der Waals surface area contributed by atoms with Crippen LogP contribution < -0.4 is 24.8 Å². The van der Waals surface area contributed by atoms with Gasteiger partial charge in [0, 0.05) is 0 Å².